The van der Waals surface area contributed by atoms with Gasteiger partial charge in [0.15, 0.2) is 5.78 Å². The Morgan fingerprint density at radius 3 is 3.00 bits per heavy atom. The second kappa shape index (κ2) is 2.97. The second-order valence-corrected chi connectivity index (χ2v) is 2.46. The minimum atomic E-state index is 0.238. The van der Waals surface area contributed by atoms with Crippen LogP contribution < -0.4 is 0 Å². The molecule has 1 atom stereocenters. The first-order valence-electron chi connectivity index (χ1n) is 3.46. The van der Waals surface area contributed by atoms with Gasteiger partial charge in [0.05, 0.1) is 6.10 Å². The molecule has 0 unspecified atom stereocenters. The lowest BCUT2D eigenvalue weighted by atomic mass is 10.1. The molecule has 52 valence electrons. The van der Waals surface area contributed by atoms with Crippen LogP contribution in [0, 0.1) is 0 Å². The maximum atomic E-state index is 10.6. The molecular weight excluding hydrogens is 116 g/mol. The van der Waals surface area contributed by atoms with Gasteiger partial charge in [0.25, 0.3) is 0 Å². The maximum Gasteiger partial charge on any atom is 0.161 e. The summed E-state index contributed by atoms with van der Waals surface area (Å²) in [6, 6.07) is 0. The molecule has 2 nitrogen and oxygen atoms in total. The average Bonchev–Trinajstić information content (AvgIpc) is 2.17. The fraction of sp³-hybridized carbons (Fsp3) is 0.857. The van der Waals surface area contributed by atoms with Gasteiger partial charge in [-0.25, -0.2) is 0 Å². The van der Waals surface area contributed by atoms with Crippen molar-refractivity contribution >= 4 is 5.78 Å². The summed E-state index contributed by atoms with van der Waals surface area (Å²) in [4.78, 5) is 10.6. The monoisotopic (exact) mass is 128 g/mol. The molecule has 1 rings (SSSR count). The topological polar surface area (TPSA) is 26.3 Å². The van der Waals surface area contributed by atoms with Crippen molar-refractivity contribution in [1.82, 2.24) is 0 Å². The Morgan fingerprint density at radius 2 is 2.56 bits per heavy atom. The van der Waals surface area contributed by atoms with Gasteiger partial charge in [-0.3, -0.25) is 4.79 Å². The largest absolute Gasteiger partial charge is 0.370 e. The number of rotatable bonds is 2. The van der Waals surface area contributed by atoms with Crippen molar-refractivity contribution in [1.29, 1.82) is 0 Å². The van der Waals surface area contributed by atoms with E-state index < -0.39 is 0 Å². The SMILES string of the molecule is CCC[C@@H]1CC(=O)CO1. The summed E-state index contributed by atoms with van der Waals surface area (Å²) in [7, 11) is 0. The van der Waals surface area contributed by atoms with Gasteiger partial charge >= 0.3 is 0 Å². The lowest BCUT2D eigenvalue weighted by Gasteiger charge is -2.03. The van der Waals surface area contributed by atoms with Crippen LogP contribution in [0.2, 0.25) is 0 Å². The molecule has 1 saturated heterocycles. The maximum absolute atomic E-state index is 10.6. The minimum absolute atomic E-state index is 0.238. The summed E-state index contributed by atoms with van der Waals surface area (Å²) >= 11 is 0. The Labute approximate surface area is 55.2 Å². The predicted molar refractivity (Wildman–Crippen MR) is 34.3 cm³/mol. The number of ether oxygens (including phenoxy) is 1. The Hall–Kier alpha value is -0.370. The van der Waals surface area contributed by atoms with E-state index in [9.17, 15) is 4.79 Å². The van der Waals surface area contributed by atoms with Crippen LogP contribution in [0.3, 0.4) is 0 Å². The molecule has 0 aromatic heterocycles. The van der Waals surface area contributed by atoms with Gasteiger partial charge in [0.1, 0.15) is 6.61 Å². The van der Waals surface area contributed by atoms with Gasteiger partial charge in [-0.2, -0.15) is 0 Å². The first kappa shape index (κ1) is 6.75. The van der Waals surface area contributed by atoms with Crippen molar-refractivity contribution in [2.75, 3.05) is 6.61 Å². The molecule has 0 aromatic carbocycles. The average molecular weight is 128 g/mol. The van der Waals surface area contributed by atoms with Crippen molar-refractivity contribution in [3.8, 4) is 0 Å². The van der Waals surface area contributed by atoms with E-state index >= 15 is 0 Å². The zero-order valence-corrected chi connectivity index (χ0v) is 5.72. The number of carbonyl (C=O) groups is 1. The second-order valence-electron chi connectivity index (χ2n) is 2.46. The van der Waals surface area contributed by atoms with Gasteiger partial charge in [-0.05, 0) is 6.42 Å². The van der Waals surface area contributed by atoms with Gasteiger partial charge in [0.2, 0.25) is 0 Å². The number of Topliss-reactive ketones (excluding diaryl/α,β-unsaturated/α-hetero) is 1. The number of carbonyl (C=O) groups excluding carboxylic acids is 1. The smallest absolute Gasteiger partial charge is 0.161 e. The predicted octanol–water partition coefficient (Wildman–Crippen LogP) is 1.14. The molecule has 1 heterocycles. The Balaban J connectivity index is 2.22. The van der Waals surface area contributed by atoms with Gasteiger partial charge in [-0.15, -0.1) is 0 Å². The molecule has 0 amide bonds. The third-order valence-corrected chi connectivity index (χ3v) is 1.55. The third-order valence-electron chi connectivity index (χ3n) is 1.55. The Kier molecular flexibility index (Phi) is 2.22. The highest BCUT2D eigenvalue weighted by Gasteiger charge is 2.21. The summed E-state index contributed by atoms with van der Waals surface area (Å²) < 4.78 is 5.16. The molecule has 9 heavy (non-hydrogen) atoms. The molecule has 1 aliphatic heterocycles. The van der Waals surface area contributed by atoms with Crippen molar-refractivity contribution in [3.05, 3.63) is 0 Å². The Morgan fingerprint density at radius 1 is 1.78 bits per heavy atom. The molecule has 0 aromatic rings. The zero-order chi connectivity index (χ0) is 6.69. The standard InChI is InChI=1S/C7H12O2/c1-2-3-7-4-6(8)5-9-7/h7H,2-5H2,1H3/t7-/m1/s1. The van der Waals surface area contributed by atoms with Crippen LogP contribution in [-0.4, -0.2) is 18.5 Å². The summed E-state index contributed by atoms with van der Waals surface area (Å²) in [6.07, 6.45) is 3.03. The molecule has 1 aliphatic rings. The van der Waals surface area contributed by atoms with E-state index in [0.29, 0.717) is 13.0 Å². The van der Waals surface area contributed by atoms with E-state index in [1.807, 2.05) is 0 Å². The van der Waals surface area contributed by atoms with E-state index in [1.165, 1.54) is 0 Å². The highest BCUT2D eigenvalue weighted by Crippen LogP contribution is 2.13. The van der Waals surface area contributed by atoms with Gasteiger partial charge in [0, 0.05) is 6.42 Å². The van der Waals surface area contributed by atoms with E-state index in [-0.39, 0.29) is 11.9 Å². The molecule has 0 N–H and O–H groups in total. The van der Waals surface area contributed by atoms with Crippen LogP contribution in [0.1, 0.15) is 26.2 Å². The van der Waals surface area contributed by atoms with Crippen molar-refractivity contribution in [3.63, 3.8) is 0 Å². The van der Waals surface area contributed by atoms with Crippen LogP contribution in [0.4, 0.5) is 0 Å². The molecule has 0 aliphatic carbocycles. The van der Waals surface area contributed by atoms with Gasteiger partial charge in [-0.1, -0.05) is 13.3 Å². The summed E-state index contributed by atoms with van der Waals surface area (Å²) in [6.45, 7) is 2.46. The fourth-order valence-corrected chi connectivity index (χ4v) is 1.09. The lowest BCUT2D eigenvalue weighted by Crippen LogP contribution is -2.03. The fourth-order valence-electron chi connectivity index (χ4n) is 1.09. The molecule has 0 bridgehead atoms. The zero-order valence-electron chi connectivity index (χ0n) is 5.72. The van der Waals surface area contributed by atoms with Crippen LogP contribution in [0.5, 0.6) is 0 Å². The van der Waals surface area contributed by atoms with Crippen molar-refractivity contribution < 1.29 is 9.53 Å². The first-order chi connectivity index (χ1) is 4.33. The van der Waals surface area contributed by atoms with Crippen molar-refractivity contribution in [2.24, 2.45) is 0 Å². The minimum Gasteiger partial charge on any atom is -0.370 e. The molecule has 1 fully saturated rings. The van der Waals surface area contributed by atoms with Crippen LogP contribution in [0.15, 0.2) is 0 Å². The normalized spacial score (nSPS) is 27.2. The number of hydrogen-bond acceptors (Lipinski definition) is 2. The van der Waals surface area contributed by atoms with Gasteiger partial charge < -0.3 is 4.74 Å². The molecule has 0 saturated carbocycles. The molecule has 0 spiro atoms. The summed E-state index contributed by atoms with van der Waals surface area (Å²) in [5, 5.41) is 0. The first-order valence-corrected chi connectivity index (χ1v) is 3.46. The highest BCUT2D eigenvalue weighted by atomic mass is 16.5. The molecular formula is C7H12O2. The number of ketones is 1. The lowest BCUT2D eigenvalue weighted by molar-refractivity contribution is -0.117. The van der Waals surface area contributed by atoms with E-state index in [1.54, 1.807) is 0 Å². The van der Waals surface area contributed by atoms with Crippen LogP contribution in [-0.2, 0) is 9.53 Å². The molecule has 2 heteroatoms. The quantitative estimate of drug-likeness (QED) is 0.557. The highest BCUT2D eigenvalue weighted by molar-refractivity contribution is 5.81. The number of hydrogen-bond donors (Lipinski definition) is 0. The van der Waals surface area contributed by atoms with Crippen LogP contribution in [0.25, 0.3) is 0 Å². The van der Waals surface area contributed by atoms with E-state index in [0.717, 1.165) is 12.8 Å². The third kappa shape index (κ3) is 1.79. The summed E-state index contributed by atoms with van der Waals surface area (Å²) in [5.74, 6) is 0.258. The van der Waals surface area contributed by atoms with Crippen LogP contribution >= 0.6 is 0 Å². The van der Waals surface area contributed by atoms with E-state index in [2.05, 4.69) is 6.92 Å². The van der Waals surface area contributed by atoms with Crippen molar-refractivity contribution in [2.45, 2.75) is 32.3 Å². The molecule has 0 radical (unpaired) electrons. The summed E-state index contributed by atoms with van der Waals surface area (Å²) in [5.41, 5.74) is 0. The Bertz CT molecular complexity index is 109. The van der Waals surface area contributed by atoms with E-state index in [4.69, 9.17) is 4.74 Å².